The summed E-state index contributed by atoms with van der Waals surface area (Å²) in [6.45, 7) is 1.19. The molecule has 3 aromatic rings. The van der Waals surface area contributed by atoms with Gasteiger partial charge in [0.15, 0.2) is 0 Å². The van der Waals surface area contributed by atoms with E-state index in [0.29, 0.717) is 36.7 Å². The summed E-state index contributed by atoms with van der Waals surface area (Å²) < 4.78 is 84.6. The Labute approximate surface area is 213 Å². The topological polar surface area (TPSA) is 96.6 Å². The molecule has 1 aromatic heterocycles. The first kappa shape index (κ1) is 26.8. The standard InChI is InChI=1S/C24H22F6N6O2/c25-23(26,27)15-11-16(24(28,29)30)13-18(12-15)34-22(37)36-9-7-35(8-10-36)19-3-1-2-4-20(19)38-14-17-5-6-32-21(31)33-17/h1-6,11-13H,7-10,14H2,(H,34,37)(H2,31,32,33). The zero-order valence-electron chi connectivity index (χ0n) is 19.7. The number of nitrogen functional groups attached to an aromatic ring is 1. The molecule has 2 aromatic carbocycles. The molecular formula is C24H22F6N6O2. The van der Waals surface area contributed by atoms with Crippen LogP contribution in [0.1, 0.15) is 16.8 Å². The molecule has 1 fully saturated rings. The zero-order valence-corrected chi connectivity index (χ0v) is 19.7. The number of alkyl halides is 6. The summed E-state index contributed by atoms with van der Waals surface area (Å²) in [6, 6.07) is 9.03. The van der Waals surface area contributed by atoms with Crippen molar-refractivity contribution in [1.29, 1.82) is 0 Å². The van der Waals surface area contributed by atoms with E-state index in [-0.39, 0.29) is 31.7 Å². The van der Waals surface area contributed by atoms with Crippen LogP contribution in [0.15, 0.2) is 54.7 Å². The summed E-state index contributed by atoms with van der Waals surface area (Å²) in [7, 11) is 0. The smallest absolute Gasteiger partial charge is 0.416 e. The van der Waals surface area contributed by atoms with Gasteiger partial charge in [0.05, 0.1) is 22.5 Å². The first-order chi connectivity index (χ1) is 17.9. The lowest BCUT2D eigenvalue weighted by Crippen LogP contribution is -2.50. The number of para-hydroxylation sites is 2. The molecule has 2 amide bonds. The van der Waals surface area contributed by atoms with Crippen LogP contribution < -0.4 is 20.7 Å². The quantitative estimate of drug-likeness (QED) is 0.441. The van der Waals surface area contributed by atoms with Crippen LogP contribution in [-0.2, 0) is 19.0 Å². The number of hydrogen-bond donors (Lipinski definition) is 2. The van der Waals surface area contributed by atoms with Crippen molar-refractivity contribution in [2.75, 3.05) is 42.1 Å². The average molecular weight is 540 g/mol. The number of rotatable bonds is 5. The van der Waals surface area contributed by atoms with Gasteiger partial charge in [0, 0.05) is 38.1 Å². The molecule has 0 aliphatic carbocycles. The Balaban J connectivity index is 1.40. The Bertz CT molecular complexity index is 1260. The highest BCUT2D eigenvalue weighted by atomic mass is 19.4. The van der Waals surface area contributed by atoms with Gasteiger partial charge in [0.2, 0.25) is 5.95 Å². The number of hydrogen-bond acceptors (Lipinski definition) is 6. The average Bonchev–Trinajstić information content (AvgIpc) is 2.86. The van der Waals surface area contributed by atoms with Crippen molar-refractivity contribution in [2.45, 2.75) is 19.0 Å². The highest BCUT2D eigenvalue weighted by Crippen LogP contribution is 2.37. The lowest BCUT2D eigenvalue weighted by atomic mass is 10.1. The molecule has 14 heteroatoms. The molecule has 0 unspecified atom stereocenters. The summed E-state index contributed by atoms with van der Waals surface area (Å²) in [5, 5.41) is 2.17. The lowest BCUT2D eigenvalue weighted by Gasteiger charge is -2.36. The van der Waals surface area contributed by atoms with Gasteiger partial charge in [-0.15, -0.1) is 0 Å². The molecule has 4 rings (SSSR count). The fourth-order valence-electron chi connectivity index (χ4n) is 3.87. The Morgan fingerprint density at radius 3 is 2.18 bits per heavy atom. The molecule has 8 nitrogen and oxygen atoms in total. The van der Waals surface area contributed by atoms with Crippen LogP contribution in [0.3, 0.4) is 0 Å². The van der Waals surface area contributed by atoms with Gasteiger partial charge in [-0.1, -0.05) is 12.1 Å². The van der Waals surface area contributed by atoms with Crippen LogP contribution in [0.2, 0.25) is 0 Å². The van der Waals surface area contributed by atoms with Gasteiger partial charge < -0.3 is 25.6 Å². The van der Waals surface area contributed by atoms with Crippen molar-refractivity contribution in [1.82, 2.24) is 14.9 Å². The van der Waals surface area contributed by atoms with Gasteiger partial charge >= 0.3 is 18.4 Å². The number of benzene rings is 2. The van der Waals surface area contributed by atoms with Crippen molar-refractivity contribution in [2.24, 2.45) is 0 Å². The van der Waals surface area contributed by atoms with Crippen molar-refractivity contribution >= 4 is 23.4 Å². The molecule has 0 spiro atoms. The van der Waals surface area contributed by atoms with Gasteiger partial charge in [-0.25, -0.2) is 14.8 Å². The molecule has 1 saturated heterocycles. The molecule has 1 aliphatic rings. The number of carbonyl (C=O) groups excluding carboxylic acids is 1. The number of carbonyl (C=O) groups is 1. The third-order valence-corrected chi connectivity index (χ3v) is 5.72. The molecule has 1 aliphatic heterocycles. The van der Waals surface area contributed by atoms with Crippen LogP contribution in [0.5, 0.6) is 5.75 Å². The number of piperazine rings is 1. The largest absolute Gasteiger partial charge is 0.485 e. The number of urea groups is 1. The van der Waals surface area contributed by atoms with Crippen LogP contribution in [-0.4, -0.2) is 47.1 Å². The predicted molar refractivity (Wildman–Crippen MR) is 126 cm³/mol. The van der Waals surface area contributed by atoms with E-state index in [1.165, 1.54) is 11.1 Å². The number of halogens is 6. The number of nitrogens with zero attached hydrogens (tertiary/aromatic N) is 4. The summed E-state index contributed by atoms with van der Waals surface area (Å²) in [5.74, 6) is 0.680. The summed E-state index contributed by atoms with van der Waals surface area (Å²) in [4.78, 5) is 23.9. The van der Waals surface area contributed by atoms with Crippen LogP contribution in [0.25, 0.3) is 0 Å². The Morgan fingerprint density at radius 2 is 1.58 bits per heavy atom. The zero-order chi connectivity index (χ0) is 27.5. The second-order valence-corrected chi connectivity index (χ2v) is 8.36. The maximum Gasteiger partial charge on any atom is 0.416 e. The van der Waals surface area contributed by atoms with E-state index >= 15 is 0 Å². The van der Waals surface area contributed by atoms with E-state index in [1.54, 1.807) is 18.2 Å². The van der Waals surface area contributed by atoms with Crippen molar-refractivity contribution in [3.05, 3.63) is 71.5 Å². The number of ether oxygens (including phenoxy) is 1. The fourth-order valence-corrected chi connectivity index (χ4v) is 3.87. The second kappa shape index (κ2) is 10.6. The van der Waals surface area contributed by atoms with E-state index in [2.05, 4.69) is 15.3 Å². The van der Waals surface area contributed by atoms with Crippen LogP contribution >= 0.6 is 0 Å². The van der Waals surface area contributed by atoms with Gasteiger partial charge in [-0.05, 0) is 36.4 Å². The summed E-state index contributed by atoms with van der Waals surface area (Å²) in [6.07, 6.45) is -8.51. The first-order valence-corrected chi connectivity index (χ1v) is 11.3. The van der Waals surface area contributed by atoms with E-state index in [4.69, 9.17) is 10.5 Å². The fraction of sp³-hybridized carbons (Fsp3) is 0.292. The second-order valence-electron chi connectivity index (χ2n) is 8.36. The first-order valence-electron chi connectivity index (χ1n) is 11.3. The maximum absolute atomic E-state index is 13.1. The van der Waals surface area contributed by atoms with E-state index < -0.39 is 35.2 Å². The molecule has 38 heavy (non-hydrogen) atoms. The molecule has 0 saturated carbocycles. The Morgan fingerprint density at radius 1 is 0.947 bits per heavy atom. The monoisotopic (exact) mass is 540 g/mol. The summed E-state index contributed by atoms with van der Waals surface area (Å²) in [5.41, 5.74) is 3.32. The minimum absolute atomic E-state index is 0.00757. The Hall–Kier alpha value is -4.23. The third kappa shape index (κ3) is 6.55. The molecule has 2 heterocycles. The molecule has 202 valence electrons. The predicted octanol–water partition coefficient (Wildman–Crippen LogP) is 5.03. The number of anilines is 3. The number of nitrogens with two attached hydrogens (primary N) is 1. The molecule has 0 atom stereocenters. The lowest BCUT2D eigenvalue weighted by molar-refractivity contribution is -0.143. The highest BCUT2D eigenvalue weighted by Gasteiger charge is 2.37. The van der Waals surface area contributed by atoms with Gasteiger partial charge in [0.25, 0.3) is 0 Å². The van der Waals surface area contributed by atoms with Crippen molar-refractivity contribution < 1.29 is 35.9 Å². The van der Waals surface area contributed by atoms with Crippen molar-refractivity contribution in [3.63, 3.8) is 0 Å². The molecule has 0 bridgehead atoms. The molecular weight excluding hydrogens is 518 g/mol. The number of nitrogens with one attached hydrogen (secondary N) is 1. The van der Waals surface area contributed by atoms with Gasteiger partial charge in [-0.3, -0.25) is 0 Å². The number of aromatic nitrogens is 2. The van der Waals surface area contributed by atoms with Crippen molar-refractivity contribution in [3.8, 4) is 5.75 Å². The van der Waals surface area contributed by atoms with Gasteiger partial charge in [-0.2, -0.15) is 26.3 Å². The maximum atomic E-state index is 13.1. The summed E-state index contributed by atoms with van der Waals surface area (Å²) >= 11 is 0. The minimum atomic E-state index is -5.01. The Kier molecular flexibility index (Phi) is 7.51. The SMILES string of the molecule is Nc1nccc(COc2ccccc2N2CCN(C(=O)Nc3cc(C(F)(F)F)cc(C(F)(F)F)c3)CC2)n1. The van der Waals surface area contributed by atoms with E-state index in [1.807, 2.05) is 17.0 Å². The molecule has 0 radical (unpaired) electrons. The number of amides is 2. The highest BCUT2D eigenvalue weighted by molar-refractivity contribution is 5.89. The molecule has 3 N–H and O–H groups in total. The minimum Gasteiger partial charge on any atom is -0.485 e. The van der Waals surface area contributed by atoms with Crippen LogP contribution in [0.4, 0.5) is 48.5 Å². The normalized spacial score (nSPS) is 14.4. The van der Waals surface area contributed by atoms with Crippen LogP contribution in [0, 0.1) is 0 Å². The third-order valence-electron chi connectivity index (χ3n) is 5.72. The van der Waals surface area contributed by atoms with E-state index in [9.17, 15) is 31.1 Å². The van der Waals surface area contributed by atoms with Gasteiger partial charge in [0.1, 0.15) is 12.4 Å². The van der Waals surface area contributed by atoms with E-state index in [0.717, 1.165) is 5.69 Å².